The highest BCUT2D eigenvalue weighted by molar-refractivity contribution is 6.00. The lowest BCUT2D eigenvalue weighted by Gasteiger charge is -2.41. The molecule has 8 heteroatoms. The van der Waals surface area contributed by atoms with Crippen molar-refractivity contribution in [2.24, 2.45) is 5.41 Å². The van der Waals surface area contributed by atoms with Gasteiger partial charge in [-0.15, -0.1) is 0 Å². The van der Waals surface area contributed by atoms with Crippen LogP contribution in [0, 0.1) is 5.41 Å². The largest absolute Gasteiger partial charge is 0.410 e. The van der Waals surface area contributed by atoms with Crippen LogP contribution in [0.5, 0.6) is 0 Å². The van der Waals surface area contributed by atoms with Crippen molar-refractivity contribution >= 4 is 17.9 Å². The van der Waals surface area contributed by atoms with Gasteiger partial charge in [-0.3, -0.25) is 19.8 Å². The van der Waals surface area contributed by atoms with Gasteiger partial charge in [-0.25, -0.2) is 9.18 Å². The Morgan fingerprint density at radius 1 is 1.53 bits per heavy atom. The van der Waals surface area contributed by atoms with Gasteiger partial charge in [-0.2, -0.15) is 0 Å². The van der Waals surface area contributed by atoms with Gasteiger partial charge in [0, 0.05) is 0 Å². The summed E-state index contributed by atoms with van der Waals surface area (Å²) in [6, 6.07) is -0.835. The summed E-state index contributed by atoms with van der Waals surface area (Å²) >= 11 is 0. The fourth-order valence-electron chi connectivity index (χ4n) is 1.79. The van der Waals surface area contributed by atoms with Crippen LogP contribution in [0.2, 0.25) is 0 Å². The van der Waals surface area contributed by atoms with Crippen LogP contribution in [-0.4, -0.2) is 48.0 Å². The minimum Gasteiger partial charge on any atom is -0.410 e. The maximum atomic E-state index is 14.1. The van der Waals surface area contributed by atoms with Gasteiger partial charge in [0.2, 0.25) is 0 Å². The molecule has 7 nitrogen and oxygen atoms in total. The maximum absolute atomic E-state index is 14.1. The standard InChI is InChI=1S/C11H15FN2O5/c1-10(2,3)8(16)19-11-6(12)7(15)13-9(17)14(11)4-5-18-11/h6H,4-5H2,1-3H3,(H,13,15,17)/t6-,11?/m0/s1. The molecule has 3 amide bonds. The third kappa shape index (κ3) is 2.05. The molecule has 0 saturated carbocycles. The molecule has 106 valence electrons. The summed E-state index contributed by atoms with van der Waals surface area (Å²) in [6.07, 6.45) is -2.28. The third-order valence-electron chi connectivity index (χ3n) is 2.88. The van der Waals surface area contributed by atoms with E-state index in [1.54, 1.807) is 20.8 Å². The lowest BCUT2D eigenvalue weighted by Crippen LogP contribution is -2.69. The molecule has 2 saturated heterocycles. The number of esters is 1. The number of ether oxygens (including phenoxy) is 2. The zero-order chi connectivity index (χ0) is 14.4. The van der Waals surface area contributed by atoms with E-state index in [9.17, 15) is 18.8 Å². The molecule has 2 heterocycles. The Hall–Kier alpha value is -1.70. The molecule has 2 fully saturated rings. The van der Waals surface area contributed by atoms with Gasteiger partial charge in [0.15, 0.2) is 0 Å². The van der Waals surface area contributed by atoms with Crippen molar-refractivity contribution in [3.8, 4) is 0 Å². The molecule has 19 heavy (non-hydrogen) atoms. The lowest BCUT2D eigenvalue weighted by molar-refractivity contribution is -0.283. The Kier molecular flexibility index (Phi) is 3.00. The zero-order valence-corrected chi connectivity index (χ0v) is 10.9. The number of amides is 3. The van der Waals surface area contributed by atoms with Crippen LogP contribution in [0.1, 0.15) is 20.8 Å². The topological polar surface area (TPSA) is 84.9 Å². The molecule has 1 N–H and O–H groups in total. The zero-order valence-electron chi connectivity index (χ0n) is 10.9. The molecular weight excluding hydrogens is 259 g/mol. The van der Waals surface area contributed by atoms with Crippen LogP contribution in [0.4, 0.5) is 9.18 Å². The monoisotopic (exact) mass is 274 g/mol. The van der Waals surface area contributed by atoms with Crippen molar-refractivity contribution < 1.29 is 28.2 Å². The van der Waals surface area contributed by atoms with Gasteiger partial charge in [-0.1, -0.05) is 0 Å². The number of nitrogens with one attached hydrogen (secondary N) is 1. The Morgan fingerprint density at radius 3 is 2.74 bits per heavy atom. The third-order valence-corrected chi connectivity index (χ3v) is 2.88. The van der Waals surface area contributed by atoms with E-state index in [1.165, 1.54) is 0 Å². The van der Waals surface area contributed by atoms with Gasteiger partial charge in [0.05, 0.1) is 18.6 Å². The molecule has 0 bridgehead atoms. The normalized spacial score (nSPS) is 30.9. The Bertz CT molecular complexity index is 447. The summed E-state index contributed by atoms with van der Waals surface area (Å²) in [5, 5.41) is 1.84. The number of halogens is 1. The molecule has 0 aliphatic carbocycles. The molecule has 2 aliphatic rings. The average Bonchev–Trinajstić information content (AvgIpc) is 2.70. The van der Waals surface area contributed by atoms with Gasteiger partial charge in [-0.05, 0) is 20.8 Å². The van der Waals surface area contributed by atoms with Crippen molar-refractivity contribution in [1.29, 1.82) is 0 Å². The first-order valence-corrected chi connectivity index (χ1v) is 5.82. The summed E-state index contributed by atoms with van der Waals surface area (Å²) < 4.78 is 24.2. The highest BCUT2D eigenvalue weighted by atomic mass is 19.1. The quantitative estimate of drug-likeness (QED) is 0.688. The number of carbonyl (C=O) groups excluding carboxylic acids is 3. The van der Waals surface area contributed by atoms with E-state index in [-0.39, 0.29) is 13.2 Å². The second-order valence-corrected chi connectivity index (χ2v) is 5.43. The average molecular weight is 274 g/mol. The lowest BCUT2D eigenvalue weighted by atomic mass is 9.97. The fraction of sp³-hybridized carbons (Fsp3) is 0.727. The Labute approximate surface area is 109 Å². The number of rotatable bonds is 1. The van der Waals surface area contributed by atoms with Gasteiger partial charge in [0.1, 0.15) is 0 Å². The van der Waals surface area contributed by atoms with Crippen molar-refractivity contribution in [2.45, 2.75) is 32.9 Å². The van der Waals surface area contributed by atoms with Crippen molar-refractivity contribution in [2.75, 3.05) is 13.2 Å². The van der Waals surface area contributed by atoms with Crippen LogP contribution < -0.4 is 5.32 Å². The molecular formula is C11H15FN2O5. The number of alkyl halides is 1. The van der Waals surface area contributed by atoms with Crippen molar-refractivity contribution in [3.63, 3.8) is 0 Å². The summed E-state index contributed by atoms with van der Waals surface area (Å²) in [4.78, 5) is 35.8. The Balaban J connectivity index is 2.34. The van der Waals surface area contributed by atoms with Crippen molar-refractivity contribution in [1.82, 2.24) is 10.2 Å². The molecule has 0 spiro atoms. The minimum absolute atomic E-state index is 0.0153. The first-order chi connectivity index (χ1) is 8.68. The van der Waals surface area contributed by atoms with E-state index in [4.69, 9.17) is 9.47 Å². The number of urea groups is 1. The van der Waals surface area contributed by atoms with Crippen LogP contribution >= 0.6 is 0 Å². The Morgan fingerprint density at radius 2 is 2.16 bits per heavy atom. The van der Waals surface area contributed by atoms with Gasteiger partial charge in [0.25, 0.3) is 12.1 Å². The van der Waals surface area contributed by atoms with Gasteiger partial charge >= 0.3 is 17.9 Å². The number of imide groups is 1. The molecule has 2 aliphatic heterocycles. The number of hydrogen-bond donors (Lipinski definition) is 1. The molecule has 0 aromatic carbocycles. The smallest absolute Gasteiger partial charge is 0.343 e. The highest BCUT2D eigenvalue weighted by Gasteiger charge is 2.62. The molecule has 2 atom stereocenters. The van der Waals surface area contributed by atoms with Crippen molar-refractivity contribution in [3.05, 3.63) is 0 Å². The summed E-state index contributed by atoms with van der Waals surface area (Å²) in [6.45, 7) is 4.74. The van der Waals surface area contributed by atoms with E-state index < -0.39 is 35.4 Å². The van der Waals surface area contributed by atoms with Crippen LogP contribution in [0.25, 0.3) is 0 Å². The van der Waals surface area contributed by atoms with Crippen LogP contribution in [0.15, 0.2) is 0 Å². The number of carbonyl (C=O) groups is 3. The maximum Gasteiger partial charge on any atom is 0.343 e. The first-order valence-electron chi connectivity index (χ1n) is 5.82. The van der Waals surface area contributed by atoms with E-state index in [0.717, 1.165) is 4.90 Å². The molecule has 0 aromatic rings. The van der Waals surface area contributed by atoms with Gasteiger partial charge < -0.3 is 9.47 Å². The SMILES string of the molecule is CC(C)(C)C(=O)OC12OCCN1C(=O)NC(=O)[C@@H]2F. The predicted octanol–water partition coefficient (Wildman–Crippen LogP) is 0.150. The number of hydrogen-bond acceptors (Lipinski definition) is 5. The van der Waals surface area contributed by atoms with E-state index >= 15 is 0 Å². The van der Waals surface area contributed by atoms with E-state index in [0.29, 0.717) is 0 Å². The summed E-state index contributed by atoms with van der Waals surface area (Å²) in [5.41, 5.74) is -0.914. The van der Waals surface area contributed by atoms with Crippen LogP contribution in [0.3, 0.4) is 0 Å². The number of fused-ring (bicyclic) bond motifs is 1. The highest BCUT2D eigenvalue weighted by Crippen LogP contribution is 2.35. The fourth-order valence-corrected chi connectivity index (χ4v) is 1.79. The predicted molar refractivity (Wildman–Crippen MR) is 59.4 cm³/mol. The number of nitrogens with zero attached hydrogens (tertiary/aromatic N) is 1. The van der Waals surface area contributed by atoms with Crippen LogP contribution in [-0.2, 0) is 19.1 Å². The molecule has 1 unspecified atom stereocenters. The minimum atomic E-state index is -2.28. The first kappa shape index (κ1) is 13.7. The summed E-state index contributed by atoms with van der Waals surface area (Å²) in [7, 11) is 0. The second-order valence-electron chi connectivity index (χ2n) is 5.43. The van der Waals surface area contributed by atoms with E-state index in [2.05, 4.69) is 0 Å². The molecule has 0 aromatic heterocycles. The van der Waals surface area contributed by atoms with E-state index in [1.807, 2.05) is 5.32 Å². The molecule has 0 radical (unpaired) electrons. The molecule has 2 rings (SSSR count). The second kappa shape index (κ2) is 4.16. The summed E-state index contributed by atoms with van der Waals surface area (Å²) in [5.74, 6) is -4.21.